The van der Waals surface area contributed by atoms with Crippen LogP contribution in [0.1, 0.15) is 39.0 Å². The highest BCUT2D eigenvalue weighted by molar-refractivity contribution is 5.74. The third-order valence-corrected chi connectivity index (χ3v) is 3.42. The Morgan fingerprint density at radius 1 is 1.23 bits per heavy atom. The Hall–Kier alpha value is -1.79. The summed E-state index contributed by atoms with van der Waals surface area (Å²) in [4.78, 5) is 23.7. The van der Waals surface area contributed by atoms with Crippen molar-refractivity contribution >= 4 is 12.1 Å². The van der Waals surface area contributed by atoms with Gasteiger partial charge in [0.05, 0.1) is 5.83 Å². The number of amides is 4. The van der Waals surface area contributed by atoms with Crippen LogP contribution in [0.3, 0.4) is 0 Å². The van der Waals surface area contributed by atoms with Gasteiger partial charge in [0.2, 0.25) is 0 Å². The van der Waals surface area contributed by atoms with Crippen LogP contribution in [-0.2, 0) is 0 Å². The predicted octanol–water partition coefficient (Wildman–Crippen LogP) is 2.13. The average molecular weight is 314 g/mol. The number of piperidine rings is 1. The SMILES string of the molecule is C/C(F)=C/CNC(=O)NC1CC1.CNC(=O)N1CCCCC1. The zero-order chi connectivity index (χ0) is 16.4. The van der Waals surface area contributed by atoms with Crippen LogP contribution in [0.15, 0.2) is 11.9 Å². The van der Waals surface area contributed by atoms with Gasteiger partial charge in [-0.3, -0.25) is 0 Å². The van der Waals surface area contributed by atoms with E-state index in [0.717, 1.165) is 38.8 Å². The molecule has 1 aliphatic heterocycles. The van der Waals surface area contributed by atoms with E-state index in [2.05, 4.69) is 16.0 Å². The number of nitrogens with one attached hydrogen (secondary N) is 3. The Bertz CT molecular complexity index is 387. The van der Waals surface area contributed by atoms with Gasteiger partial charge >= 0.3 is 12.1 Å². The first-order chi connectivity index (χ1) is 10.5. The number of halogens is 1. The van der Waals surface area contributed by atoms with Gasteiger partial charge in [-0.1, -0.05) is 0 Å². The number of urea groups is 2. The van der Waals surface area contributed by atoms with Gasteiger partial charge in [0.25, 0.3) is 0 Å². The monoisotopic (exact) mass is 314 g/mol. The van der Waals surface area contributed by atoms with Crippen molar-refractivity contribution in [1.29, 1.82) is 0 Å². The van der Waals surface area contributed by atoms with Crippen LogP contribution in [0.2, 0.25) is 0 Å². The van der Waals surface area contributed by atoms with E-state index in [1.807, 2.05) is 4.90 Å². The number of likely N-dealkylation sites (tertiary alicyclic amines) is 1. The molecule has 0 radical (unpaired) electrons. The molecule has 6 nitrogen and oxygen atoms in total. The van der Waals surface area contributed by atoms with Crippen LogP contribution in [0.25, 0.3) is 0 Å². The van der Waals surface area contributed by atoms with E-state index >= 15 is 0 Å². The van der Waals surface area contributed by atoms with Crippen molar-refractivity contribution in [3.05, 3.63) is 11.9 Å². The quantitative estimate of drug-likeness (QED) is 0.746. The molecular formula is C15H27FN4O2. The van der Waals surface area contributed by atoms with Crippen LogP contribution in [0.4, 0.5) is 14.0 Å². The zero-order valence-corrected chi connectivity index (χ0v) is 13.5. The number of allylic oxidation sites excluding steroid dienone is 1. The molecule has 2 rings (SSSR count). The molecule has 0 bridgehead atoms. The first-order valence-electron chi connectivity index (χ1n) is 7.86. The normalized spacial score (nSPS) is 18.0. The maximum atomic E-state index is 12.1. The van der Waals surface area contributed by atoms with Crippen molar-refractivity contribution in [1.82, 2.24) is 20.9 Å². The molecule has 1 heterocycles. The van der Waals surface area contributed by atoms with Gasteiger partial charge in [0.15, 0.2) is 0 Å². The van der Waals surface area contributed by atoms with E-state index in [0.29, 0.717) is 6.04 Å². The summed E-state index contributed by atoms with van der Waals surface area (Å²) in [7, 11) is 1.68. The summed E-state index contributed by atoms with van der Waals surface area (Å²) in [5, 5.41) is 7.87. The lowest BCUT2D eigenvalue weighted by atomic mass is 10.1. The highest BCUT2D eigenvalue weighted by Crippen LogP contribution is 2.18. The molecule has 0 aromatic rings. The number of carbonyl (C=O) groups is 2. The minimum absolute atomic E-state index is 0.0692. The molecule has 2 aliphatic rings. The molecule has 0 spiro atoms. The zero-order valence-electron chi connectivity index (χ0n) is 13.5. The highest BCUT2D eigenvalue weighted by atomic mass is 19.1. The number of nitrogens with zero attached hydrogens (tertiary/aromatic N) is 1. The molecular weight excluding hydrogens is 287 g/mol. The maximum Gasteiger partial charge on any atom is 0.317 e. The van der Waals surface area contributed by atoms with Crippen molar-refractivity contribution < 1.29 is 14.0 Å². The second-order valence-corrected chi connectivity index (χ2v) is 5.52. The summed E-state index contributed by atoms with van der Waals surface area (Å²) in [6.07, 6.45) is 7.04. The fourth-order valence-electron chi connectivity index (χ4n) is 2.00. The van der Waals surface area contributed by atoms with E-state index in [-0.39, 0.29) is 24.4 Å². The van der Waals surface area contributed by atoms with Gasteiger partial charge in [0, 0.05) is 32.7 Å². The molecule has 2 fully saturated rings. The number of carbonyl (C=O) groups excluding carboxylic acids is 2. The molecule has 0 unspecified atom stereocenters. The van der Waals surface area contributed by atoms with E-state index in [4.69, 9.17) is 0 Å². The van der Waals surface area contributed by atoms with Crippen LogP contribution in [0.5, 0.6) is 0 Å². The number of hydrogen-bond donors (Lipinski definition) is 3. The van der Waals surface area contributed by atoms with Gasteiger partial charge in [0.1, 0.15) is 0 Å². The molecule has 22 heavy (non-hydrogen) atoms. The van der Waals surface area contributed by atoms with Crippen molar-refractivity contribution in [2.45, 2.75) is 45.1 Å². The van der Waals surface area contributed by atoms with E-state index < -0.39 is 0 Å². The van der Waals surface area contributed by atoms with Gasteiger partial charge in [-0.05, 0) is 45.1 Å². The van der Waals surface area contributed by atoms with Crippen LogP contribution in [0, 0.1) is 0 Å². The third kappa shape index (κ3) is 8.49. The van der Waals surface area contributed by atoms with Gasteiger partial charge < -0.3 is 20.9 Å². The second-order valence-electron chi connectivity index (χ2n) is 5.52. The Kier molecular flexibility index (Phi) is 8.32. The van der Waals surface area contributed by atoms with Crippen LogP contribution in [-0.4, -0.2) is 49.7 Å². The summed E-state index contributed by atoms with van der Waals surface area (Å²) in [6.45, 7) is 3.46. The summed E-state index contributed by atoms with van der Waals surface area (Å²) in [6, 6.07) is 0.204. The summed E-state index contributed by atoms with van der Waals surface area (Å²) in [5.41, 5.74) is 0. The Balaban J connectivity index is 0.000000224. The molecule has 1 saturated heterocycles. The molecule has 0 atom stereocenters. The molecule has 7 heteroatoms. The topological polar surface area (TPSA) is 73.5 Å². The van der Waals surface area contributed by atoms with Crippen molar-refractivity contribution in [2.24, 2.45) is 0 Å². The Labute approximate surface area is 131 Å². The van der Waals surface area contributed by atoms with Crippen molar-refractivity contribution in [3.8, 4) is 0 Å². The molecule has 4 amide bonds. The van der Waals surface area contributed by atoms with Crippen LogP contribution >= 0.6 is 0 Å². The summed E-state index contributed by atoms with van der Waals surface area (Å²) < 4.78 is 12.1. The van der Waals surface area contributed by atoms with Gasteiger partial charge in [-0.15, -0.1) is 0 Å². The Morgan fingerprint density at radius 3 is 2.36 bits per heavy atom. The fourth-order valence-corrected chi connectivity index (χ4v) is 2.00. The first-order valence-corrected chi connectivity index (χ1v) is 7.86. The lowest BCUT2D eigenvalue weighted by Gasteiger charge is -2.25. The predicted molar refractivity (Wildman–Crippen MR) is 84.3 cm³/mol. The molecule has 3 N–H and O–H groups in total. The molecule has 126 valence electrons. The maximum absolute atomic E-state index is 12.1. The first kappa shape index (κ1) is 18.3. The lowest BCUT2D eigenvalue weighted by Crippen LogP contribution is -2.41. The van der Waals surface area contributed by atoms with Gasteiger partial charge in [-0.2, -0.15) is 0 Å². The third-order valence-electron chi connectivity index (χ3n) is 3.42. The van der Waals surface area contributed by atoms with Crippen LogP contribution < -0.4 is 16.0 Å². The van der Waals surface area contributed by atoms with Crippen molar-refractivity contribution in [3.63, 3.8) is 0 Å². The summed E-state index contributed by atoms with van der Waals surface area (Å²) >= 11 is 0. The minimum Gasteiger partial charge on any atom is -0.341 e. The molecule has 1 saturated carbocycles. The van der Waals surface area contributed by atoms with Crippen molar-refractivity contribution in [2.75, 3.05) is 26.7 Å². The largest absolute Gasteiger partial charge is 0.341 e. The number of rotatable bonds is 3. The van der Waals surface area contributed by atoms with E-state index in [9.17, 15) is 14.0 Å². The Morgan fingerprint density at radius 2 is 1.86 bits per heavy atom. The molecule has 0 aromatic carbocycles. The smallest absolute Gasteiger partial charge is 0.317 e. The average Bonchev–Trinajstić information content (AvgIpc) is 3.31. The number of hydrogen-bond acceptors (Lipinski definition) is 2. The molecule has 0 aromatic heterocycles. The lowest BCUT2D eigenvalue weighted by molar-refractivity contribution is 0.188. The molecule has 1 aliphatic carbocycles. The van der Waals surface area contributed by atoms with Gasteiger partial charge in [-0.25, -0.2) is 14.0 Å². The van der Waals surface area contributed by atoms with E-state index in [1.54, 1.807) is 7.05 Å². The highest BCUT2D eigenvalue weighted by Gasteiger charge is 2.22. The van der Waals surface area contributed by atoms with E-state index in [1.165, 1.54) is 19.4 Å². The minimum atomic E-state index is -0.276. The summed E-state index contributed by atoms with van der Waals surface area (Å²) in [5.74, 6) is -0.276. The fraction of sp³-hybridized carbons (Fsp3) is 0.733. The standard InChI is InChI=1S/C8H13FN2O.C7H14N2O/c1-6(9)4-5-10-8(12)11-7-2-3-7;1-8-7(10)9-5-3-2-4-6-9/h4,7H,2-3,5H2,1H3,(H2,10,11,12);2-6H2,1H3,(H,8,10)/b6-4-;. The second kappa shape index (κ2) is 10.0.